The van der Waals surface area contributed by atoms with E-state index in [1.165, 1.54) is 0 Å². The quantitative estimate of drug-likeness (QED) is 0.572. The summed E-state index contributed by atoms with van der Waals surface area (Å²) in [6.45, 7) is 5.98. The van der Waals surface area contributed by atoms with Gasteiger partial charge in [0.1, 0.15) is 12.6 Å². The Kier molecular flexibility index (Phi) is 5.35. The van der Waals surface area contributed by atoms with Crippen molar-refractivity contribution >= 4 is 34.8 Å². The van der Waals surface area contributed by atoms with Gasteiger partial charge in [-0.25, -0.2) is 0 Å². The molecule has 1 saturated heterocycles. The fourth-order valence-corrected chi connectivity index (χ4v) is 3.98. The second kappa shape index (κ2) is 7.96. The number of rotatable bonds is 3. The number of carbonyl (C=O) groups excluding carboxylic acids is 2. The van der Waals surface area contributed by atoms with Gasteiger partial charge >= 0.3 is 0 Å². The predicted octanol–water partition coefficient (Wildman–Crippen LogP) is 5.39. The molecule has 4 nitrogen and oxygen atoms in total. The van der Waals surface area contributed by atoms with E-state index in [0.717, 1.165) is 27.9 Å². The maximum absolute atomic E-state index is 13.8. The third-order valence-corrected chi connectivity index (χ3v) is 5.94. The lowest BCUT2D eigenvalue weighted by molar-refractivity contribution is -0.128. The Morgan fingerprint density at radius 3 is 2.20 bits per heavy atom. The van der Waals surface area contributed by atoms with Gasteiger partial charge in [-0.05, 0) is 67.8 Å². The lowest BCUT2D eigenvalue weighted by atomic mass is 9.97. The third kappa shape index (κ3) is 3.59. The molecule has 0 aliphatic carbocycles. The number of nitrogens with zero attached hydrogens (tertiary/aromatic N) is 2. The second-order valence-electron chi connectivity index (χ2n) is 7.70. The minimum atomic E-state index is -0.743. The van der Waals surface area contributed by atoms with Crippen LogP contribution in [0.1, 0.15) is 28.3 Å². The van der Waals surface area contributed by atoms with E-state index in [2.05, 4.69) is 0 Å². The number of amides is 2. The topological polar surface area (TPSA) is 40.6 Å². The molecule has 3 aromatic carbocycles. The normalized spacial score (nSPS) is 16.9. The zero-order chi connectivity index (χ0) is 21.4. The van der Waals surface area contributed by atoms with Crippen molar-refractivity contribution in [3.63, 3.8) is 0 Å². The Labute approximate surface area is 181 Å². The summed E-state index contributed by atoms with van der Waals surface area (Å²) in [7, 11) is 0. The number of carbonyl (C=O) groups is 2. The second-order valence-corrected chi connectivity index (χ2v) is 8.13. The summed E-state index contributed by atoms with van der Waals surface area (Å²) < 4.78 is 0. The van der Waals surface area contributed by atoms with E-state index in [1.807, 2.05) is 63.2 Å². The number of benzene rings is 3. The molecule has 1 fully saturated rings. The maximum Gasteiger partial charge on any atom is 0.255 e. The largest absolute Gasteiger partial charge is 0.301 e. The molecule has 30 heavy (non-hydrogen) atoms. The zero-order valence-corrected chi connectivity index (χ0v) is 18.0. The molecule has 5 heteroatoms. The Hall–Kier alpha value is -3.11. The fraction of sp³-hybridized carbons (Fsp3) is 0.200. The lowest BCUT2D eigenvalue weighted by Gasteiger charge is -2.41. The van der Waals surface area contributed by atoms with E-state index in [0.29, 0.717) is 10.7 Å². The highest BCUT2D eigenvalue weighted by molar-refractivity contribution is 6.30. The summed E-state index contributed by atoms with van der Waals surface area (Å²) in [4.78, 5) is 30.3. The average molecular weight is 419 g/mol. The zero-order valence-electron chi connectivity index (χ0n) is 17.2. The summed E-state index contributed by atoms with van der Waals surface area (Å²) in [5.41, 5.74) is 5.40. The molecule has 0 spiro atoms. The van der Waals surface area contributed by atoms with Gasteiger partial charge in [0.15, 0.2) is 0 Å². The van der Waals surface area contributed by atoms with Gasteiger partial charge in [-0.2, -0.15) is 0 Å². The van der Waals surface area contributed by atoms with Crippen molar-refractivity contribution in [1.82, 2.24) is 0 Å². The summed E-state index contributed by atoms with van der Waals surface area (Å²) >= 11 is 6.04. The van der Waals surface area contributed by atoms with Crippen LogP contribution in [-0.2, 0) is 9.59 Å². The molecule has 0 aromatic heterocycles. The Balaban J connectivity index is 1.84. The van der Waals surface area contributed by atoms with Crippen LogP contribution in [0.15, 0.2) is 66.7 Å². The summed E-state index contributed by atoms with van der Waals surface area (Å²) in [5.74, 6) is -0.259. The summed E-state index contributed by atoms with van der Waals surface area (Å²) in [6.07, 6.45) is 0. The van der Waals surface area contributed by atoms with Crippen LogP contribution in [0.2, 0.25) is 5.02 Å². The highest BCUT2D eigenvalue weighted by Gasteiger charge is 2.42. The minimum absolute atomic E-state index is 0.00584. The molecule has 1 aliphatic rings. The Bertz CT molecular complexity index is 1110. The molecule has 4 rings (SSSR count). The van der Waals surface area contributed by atoms with E-state index in [4.69, 9.17) is 11.6 Å². The van der Waals surface area contributed by atoms with E-state index in [-0.39, 0.29) is 18.4 Å². The molecule has 0 bridgehead atoms. The van der Waals surface area contributed by atoms with Gasteiger partial charge in [-0.15, -0.1) is 0 Å². The number of piperazine rings is 1. The SMILES string of the molecule is Cc1ccc(C2C(=O)N(c3cccc(C)c3C)CC(=O)N2c2ccc(Cl)cc2)cc1. The van der Waals surface area contributed by atoms with Crippen molar-refractivity contribution in [2.24, 2.45) is 0 Å². The third-order valence-electron chi connectivity index (χ3n) is 5.68. The molecule has 1 heterocycles. The Morgan fingerprint density at radius 2 is 1.53 bits per heavy atom. The first kappa shape index (κ1) is 20.2. The highest BCUT2D eigenvalue weighted by atomic mass is 35.5. The number of hydrogen-bond donors (Lipinski definition) is 0. The van der Waals surface area contributed by atoms with Crippen molar-refractivity contribution in [1.29, 1.82) is 0 Å². The smallest absolute Gasteiger partial charge is 0.255 e. The molecule has 152 valence electrons. The number of hydrogen-bond acceptors (Lipinski definition) is 2. The van der Waals surface area contributed by atoms with Crippen LogP contribution in [0.5, 0.6) is 0 Å². The fourth-order valence-electron chi connectivity index (χ4n) is 3.86. The molecule has 1 atom stereocenters. The van der Waals surface area contributed by atoms with Crippen molar-refractivity contribution in [2.45, 2.75) is 26.8 Å². The van der Waals surface area contributed by atoms with Crippen LogP contribution in [0, 0.1) is 20.8 Å². The molecule has 1 aliphatic heterocycles. The first-order valence-electron chi connectivity index (χ1n) is 9.88. The van der Waals surface area contributed by atoms with Crippen LogP contribution in [0.3, 0.4) is 0 Å². The van der Waals surface area contributed by atoms with Crippen LogP contribution in [0.25, 0.3) is 0 Å². The highest BCUT2D eigenvalue weighted by Crippen LogP contribution is 2.36. The van der Waals surface area contributed by atoms with E-state index < -0.39 is 6.04 Å². The first-order chi connectivity index (χ1) is 14.4. The number of aryl methyl sites for hydroxylation is 2. The van der Waals surface area contributed by atoms with Gasteiger partial charge in [0.2, 0.25) is 5.91 Å². The summed E-state index contributed by atoms with van der Waals surface area (Å²) in [5, 5.41) is 0.582. The lowest BCUT2D eigenvalue weighted by Crippen LogP contribution is -2.56. The van der Waals surface area contributed by atoms with E-state index in [9.17, 15) is 9.59 Å². The van der Waals surface area contributed by atoms with Gasteiger partial charge in [0.25, 0.3) is 5.91 Å². The molecule has 0 saturated carbocycles. The Morgan fingerprint density at radius 1 is 0.867 bits per heavy atom. The number of anilines is 2. The van der Waals surface area contributed by atoms with Crippen molar-refractivity contribution in [2.75, 3.05) is 16.3 Å². The van der Waals surface area contributed by atoms with Crippen LogP contribution >= 0.6 is 11.6 Å². The monoisotopic (exact) mass is 418 g/mol. The molecule has 1 unspecified atom stereocenters. The molecular weight excluding hydrogens is 396 g/mol. The molecule has 0 radical (unpaired) electrons. The molecular formula is C25H23ClN2O2. The maximum atomic E-state index is 13.8. The van der Waals surface area contributed by atoms with Crippen molar-refractivity contribution in [3.8, 4) is 0 Å². The van der Waals surface area contributed by atoms with Crippen LogP contribution in [0.4, 0.5) is 11.4 Å². The van der Waals surface area contributed by atoms with E-state index in [1.54, 1.807) is 34.1 Å². The number of halogens is 1. The molecule has 0 N–H and O–H groups in total. The first-order valence-corrected chi connectivity index (χ1v) is 10.3. The van der Waals surface area contributed by atoms with Gasteiger partial charge < -0.3 is 4.90 Å². The standard InChI is InChI=1S/C25H23ClN2O2/c1-16-7-9-19(10-8-16)24-25(30)27(22-6-4-5-17(2)18(22)3)15-23(29)28(24)21-13-11-20(26)12-14-21/h4-14,24H,15H2,1-3H3. The van der Waals surface area contributed by atoms with Gasteiger partial charge in [0, 0.05) is 16.4 Å². The van der Waals surface area contributed by atoms with Crippen LogP contribution < -0.4 is 9.80 Å². The summed E-state index contributed by atoms with van der Waals surface area (Å²) in [6, 6.07) is 19.9. The van der Waals surface area contributed by atoms with Crippen LogP contribution in [-0.4, -0.2) is 18.4 Å². The average Bonchev–Trinajstić information content (AvgIpc) is 2.73. The predicted molar refractivity (Wildman–Crippen MR) is 121 cm³/mol. The van der Waals surface area contributed by atoms with Crippen molar-refractivity contribution < 1.29 is 9.59 Å². The van der Waals surface area contributed by atoms with Gasteiger partial charge in [0.05, 0.1) is 0 Å². The minimum Gasteiger partial charge on any atom is -0.301 e. The van der Waals surface area contributed by atoms with E-state index >= 15 is 0 Å². The van der Waals surface area contributed by atoms with Gasteiger partial charge in [-0.1, -0.05) is 53.6 Å². The van der Waals surface area contributed by atoms with Crippen molar-refractivity contribution in [3.05, 3.63) is 94.0 Å². The van der Waals surface area contributed by atoms with Gasteiger partial charge in [-0.3, -0.25) is 14.5 Å². The molecule has 2 amide bonds. The molecule has 3 aromatic rings.